The van der Waals surface area contributed by atoms with Crippen LogP contribution in [0.3, 0.4) is 0 Å². The predicted octanol–water partition coefficient (Wildman–Crippen LogP) is 3.97. The summed E-state index contributed by atoms with van der Waals surface area (Å²) < 4.78 is 6.38. The normalized spacial score (nSPS) is 30.8. The SMILES string of the molecule is CC(C)CN1C(=S)NC2c3c(Cl)cccc3OC1(C)C2C. The molecule has 0 aliphatic carbocycles. The molecule has 0 aromatic heterocycles. The van der Waals surface area contributed by atoms with Crippen LogP contribution in [0.4, 0.5) is 0 Å². The van der Waals surface area contributed by atoms with Crippen LogP contribution in [0.15, 0.2) is 18.2 Å². The number of hydrogen-bond acceptors (Lipinski definition) is 2. The third-order valence-electron chi connectivity index (χ3n) is 4.59. The number of thiocarbonyl (C=S) groups is 1. The molecule has 0 amide bonds. The Hall–Kier alpha value is -1.00. The number of ether oxygens (including phenoxy) is 1. The summed E-state index contributed by atoms with van der Waals surface area (Å²) in [7, 11) is 0. The average molecular weight is 325 g/mol. The Morgan fingerprint density at radius 1 is 1.48 bits per heavy atom. The molecule has 1 saturated heterocycles. The Morgan fingerprint density at radius 3 is 2.86 bits per heavy atom. The van der Waals surface area contributed by atoms with E-state index in [2.05, 4.69) is 37.9 Å². The zero-order valence-corrected chi connectivity index (χ0v) is 14.4. The first-order valence-electron chi connectivity index (χ1n) is 7.40. The van der Waals surface area contributed by atoms with E-state index in [0.29, 0.717) is 5.92 Å². The first kappa shape index (κ1) is 14.9. The van der Waals surface area contributed by atoms with Crippen molar-refractivity contribution in [2.75, 3.05) is 6.54 Å². The minimum Gasteiger partial charge on any atom is -0.467 e. The van der Waals surface area contributed by atoms with E-state index in [0.717, 1.165) is 28.0 Å². The van der Waals surface area contributed by atoms with Gasteiger partial charge in [0.05, 0.1) is 6.04 Å². The van der Waals surface area contributed by atoms with Crippen LogP contribution in [0.1, 0.15) is 39.3 Å². The van der Waals surface area contributed by atoms with Crippen molar-refractivity contribution in [3.63, 3.8) is 0 Å². The van der Waals surface area contributed by atoms with E-state index in [4.69, 9.17) is 28.6 Å². The second-order valence-corrected chi connectivity index (χ2v) is 7.32. The molecule has 1 aromatic carbocycles. The van der Waals surface area contributed by atoms with Crippen molar-refractivity contribution in [1.29, 1.82) is 0 Å². The maximum Gasteiger partial charge on any atom is 0.186 e. The van der Waals surface area contributed by atoms with Crippen LogP contribution >= 0.6 is 23.8 Å². The van der Waals surface area contributed by atoms with Gasteiger partial charge in [-0.3, -0.25) is 0 Å². The monoisotopic (exact) mass is 324 g/mol. The van der Waals surface area contributed by atoms with Crippen LogP contribution in [-0.2, 0) is 0 Å². The minimum absolute atomic E-state index is 0.100. The molecule has 1 aromatic rings. The highest BCUT2D eigenvalue weighted by molar-refractivity contribution is 7.80. The van der Waals surface area contributed by atoms with Crippen molar-refractivity contribution < 1.29 is 4.74 Å². The summed E-state index contributed by atoms with van der Waals surface area (Å²) in [6.45, 7) is 9.57. The van der Waals surface area contributed by atoms with Crippen LogP contribution in [0, 0.1) is 11.8 Å². The van der Waals surface area contributed by atoms with Crippen LogP contribution < -0.4 is 10.1 Å². The second-order valence-electron chi connectivity index (χ2n) is 6.53. The quantitative estimate of drug-likeness (QED) is 0.832. The van der Waals surface area contributed by atoms with Crippen molar-refractivity contribution >= 4 is 28.9 Å². The molecule has 2 aliphatic rings. The Labute approximate surface area is 136 Å². The largest absolute Gasteiger partial charge is 0.467 e. The first-order chi connectivity index (χ1) is 9.84. The molecular formula is C16H21ClN2OS. The van der Waals surface area contributed by atoms with E-state index in [9.17, 15) is 0 Å². The molecule has 1 fully saturated rings. The number of nitrogens with zero attached hydrogens (tertiary/aromatic N) is 1. The molecule has 3 atom stereocenters. The standard InChI is InChI=1S/C16H21ClN2OS/c1-9(2)8-19-15(21)18-14-10(3)16(19,4)20-12-7-5-6-11(17)13(12)14/h5-7,9-10,14H,8H2,1-4H3,(H,18,21). The van der Waals surface area contributed by atoms with Gasteiger partial charge in [0.1, 0.15) is 5.75 Å². The summed E-state index contributed by atoms with van der Waals surface area (Å²) >= 11 is 12.0. The van der Waals surface area contributed by atoms with Crippen LogP contribution in [0.2, 0.25) is 5.02 Å². The van der Waals surface area contributed by atoms with Crippen molar-refractivity contribution in [1.82, 2.24) is 10.2 Å². The summed E-state index contributed by atoms with van der Waals surface area (Å²) in [5, 5.41) is 4.95. The molecule has 3 nitrogen and oxygen atoms in total. The first-order valence-corrected chi connectivity index (χ1v) is 8.18. The van der Waals surface area contributed by atoms with Crippen molar-refractivity contribution in [2.24, 2.45) is 11.8 Å². The fraction of sp³-hybridized carbons (Fsp3) is 0.562. The Balaban J connectivity index is 2.09. The average Bonchev–Trinajstić information content (AvgIpc) is 2.39. The number of rotatable bonds is 2. The lowest BCUT2D eigenvalue weighted by atomic mass is 9.80. The van der Waals surface area contributed by atoms with Gasteiger partial charge in [-0.25, -0.2) is 0 Å². The minimum atomic E-state index is -0.436. The zero-order chi connectivity index (χ0) is 15.4. The van der Waals surface area contributed by atoms with Gasteiger partial charge in [0.2, 0.25) is 0 Å². The third kappa shape index (κ3) is 2.20. The van der Waals surface area contributed by atoms with E-state index in [-0.39, 0.29) is 12.0 Å². The van der Waals surface area contributed by atoms with Crippen molar-refractivity contribution in [2.45, 2.75) is 39.5 Å². The lowest BCUT2D eigenvalue weighted by Crippen LogP contribution is -2.69. The van der Waals surface area contributed by atoms with Gasteiger partial charge in [-0.1, -0.05) is 38.4 Å². The molecule has 21 heavy (non-hydrogen) atoms. The van der Waals surface area contributed by atoms with E-state index in [1.54, 1.807) is 0 Å². The highest BCUT2D eigenvalue weighted by atomic mass is 35.5. The number of hydrogen-bond donors (Lipinski definition) is 1. The van der Waals surface area contributed by atoms with Crippen LogP contribution in [0.5, 0.6) is 5.75 Å². The van der Waals surface area contributed by atoms with Gasteiger partial charge in [0.25, 0.3) is 0 Å². The number of halogens is 1. The second kappa shape index (κ2) is 5.03. The van der Waals surface area contributed by atoms with Crippen molar-refractivity contribution in [3.8, 4) is 5.75 Å². The fourth-order valence-corrected chi connectivity index (χ4v) is 3.99. The molecule has 3 rings (SSSR count). The molecule has 2 heterocycles. The topological polar surface area (TPSA) is 24.5 Å². The highest BCUT2D eigenvalue weighted by Crippen LogP contribution is 2.50. The summed E-state index contributed by atoms with van der Waals surface area (Å²) in [5.74, 6) is 1.61. The summed E-state index contributed by atoms with van der Waals surface area (Å²) in [6, 6.07) is 5.93. The summed E-state index contributed by atoms with van der Waals surface area (Å²) in [5.41, 5.74) is 0.588. The van der Waals surface area contributed by atoms with Gasteiger partial charge >= 0.3 is 0 Å². The smallest absolute Gasteiger partial charge is 0.186 e. The van der Waals surface area contributed by atoms with Gasteiger partial charge < -0.3 is 15.0 Å². The maximum absolute atomic E-state index is 6.39. The van der Waals surface area contributed by atoms with Gasteiger partial charge in [-0.2, -0.15) is 0 Å². The maximum atomic E-state index is 6.39. The molecule has 3 unspecified atom stereocenters. The van der Waals surface area contributed by atoms with Crippen LogP contribution in [-0.4, -0.2) is 22.3 Å². The number of fused-ring (bicyclic) bond motifs is 4. The predicted molar refractivity (Wildman–Crippen MR) is 89.7 cm³/mol. The highest BCUT2D eigenvalue weighted by Gasteiger charge is 2.53. The number of nitrogens with one attached hydrogen (secondary N) is 1. The molecule has 0 saturated carbocycles. The fourth-order valence-electron chi connectivity index (χ4n) is 3.32. The summed E-state index contributed by atoms with van der Waals surface area (Å²) in [6.07, 6.45) is 0. The Bertz CT molecular complexity index is 592. The van der Waals surface area contributed by atoms with Gasteiger partial charge in [0.15, 0.2) is 10.8 Å². The van der Waals surface area contributed by atoms with Gasteiger partial charge in [-0.05, 0) is 37.2 Å². The lowest BCUT2D eigenvalue weighted by Gasteiger charge is -2.56. The molecule has 114 valence electrons. The Kier molecular flexibility index (Phi) is 3.57. The van der Waals surface area contributed by atoms with Gasteiger partial charge in [-0.15, -0.1) is 0 Å². The van der Waals surface area contributed by atoms with E-state index in [1.165, 1.54) is 0 Å². The summed E-state index contributed by atoms with van der Waals surface area (Å²) in [4.78, 5) is 2.18. The zero-order valence-electron chi connectivity index (χ0n) is 12.8. The van der Waals surface area contributed by atoms with E-state index in [1.807, 2.05) is 18.2 Å². The molecule has 1 N–H and O–H groups in total. The molecule has 2 aliphatic heterocycles. The third-order valence-corrected chi connectivity index (χ3v) is 5.26. The molecule has 2 bridgehead atoms. The molecule has 5 heteroatoms. The van der Waals surface area contributed by atoms with E-state index < -0.39 is 5.72 Å². The molecule has 0 spiro atoms. The van der Waals surface area contributed by atoms with Crippen LogP contribution in [0.25, 0.3) is 0 Å². The molecule has 0 radical (unpaired) electrons. The Morgan fingerprint density at radius 2 is 2.19 bits per heavy atom. The molecular weight excluding hydrogens is 304 g/mol. The van der Waals surface area contributed by atoms with E-state index >= 15 is 0 Å². The van der Waals surface area contributed by atoms with Gasteiger partial charge in [0, 0.05) is 23.0 Å². The number of benzene rings is 1. The van der Waals surface area contributed by atoms with Crippen molar-refractivity contribution in [3.05, 3.63) is 28.8 Å². The lowest BCUT2D eigenvalue weighted by molar-refractivity contribution is -0.113.